The summed E-state index contributed by atoms with van der Waals surface area (Å²) in [6, 6.07) is 27.3. The quantitative estimate of drug-likeness (QED) is 0.228. The molecule has 0 heteroatoms. The topological polar surface area (TPSA) is 0 Å². The van der Waals surface area contributed by atoms with E-state index in [0.717, 1.165) is 25.7 Å². The van der Waals surface area contributed by atoms with E-state index in [1.807, 2.05) is 0 Å². The highest BCUT2D eigenvalue weighted by molar-refractivity contribution is 6.04. The Morgan fingerprint density at radius 2 is 0.806 bits per heavy atom. The van der Waals surface area contributed by atoms with E-state index in [2.05, 4.69) is 123 Å². The van der Waals surface area contributed by atoms with Gasteiger partial charge in [-0.3, -0.25) is 0 Å². The van der Waals surface area contributed by atoms with Crippen molar-refractivity contribution in [1.82, 2.24) is 0 Å². The predicted molar refractivity (Wildman–Crippen MR) is 156 cm³/mol. The fourth-order valence-corrected chi connectivity index (χ4v) is 7.43. The molecule has 4 aromatic rings. The molecule has 0 unspecified atom stereocenters. The molecule has 36 heavy (non-hydrogen) atoms. The molecule has 0 fully saturated rings. The second-order valence-corrected chi connectivity index (χ2v) is 10.3. The Morgan fingerprint density at radius 1 is 0.444 bits per heavy atom. The number of benzene rings is 4. The molecule has 0 aliphatic heterocycles. The number of hydrogen-bond acceptors (Lipinski definition) is 0. The first-order valence-electron chi connectivity index (χ1n) is 12.9. The highest BCUT2D eigenvalue weighted by Gasteiger charge is 2.46. The van der Waals surface area contributed by atoms with Crippen molar-refractivity contribution >= 4 is 10.8 Å². The van der Waals surface area contributed by atoms with Crippen molar-refractivity contribution < 1.29 is 0 Å². The summed E-state index contributed by atoms with van der Waals surface area (Å²) >= 11 is 0. The lowest BCUT2D eigenvalue weighted by molar-refractivity contribution is 0.544. The van der Waals surface area contributed by atoms with Crippen LogP contribution in [0.4, 0.5) is 0 Å². The van der Waals surface area contributed by atoms with Gasteiger partial charge in [-0.25, -0.2) is 0 Å². The molecule has 0 atom stereocenters. The van der Waals surface area contributed by atoms with Gasteiger partial charge >= 0.3 is 0 Å². The Labute approximate surface area is 215 Å². The van der Waals surface area contributed by atoms with Crippen LogP contribution in [0, 0.1) is 0 Å². The molecule has 0 heterocycles. The van der Waals surface area contributed by atoms with Gasteiger partial charge in [-0.2, -0.15) is 0 Å². The summed E-state index contributed by atoms with van der Waals surface area (Å²) in [6.45, 7) is 16.7. The summed E-state index contributed by atoms with van der Waals surface area (Å²) in [4.78, 5) is 0. The molecule has 4 aromatic carbocycles. The van der Waals surface area contributed by atoms with E-state index in [1.165, 1.54) is 55.3 Å². The Morgan fingerprint density at radius 3 is 1.17 bits per heavy atom. The summed E-state index contributed by atoms with van der Waals surface area (Å²) < 4.78 is 0. The molecule has 0 N–H and O–H groups in total. The SMILES string of the molecule is C=CCC1(CC=C)c2ccccc2-c2ccc3c4c(ccc3c21)-c1ccccc1C4(CC=C)CC=C. The van der Waals surface area contributed by atoms with Gasteiger partial charge in [0.15, 0.2) is 0 Å². The van der Waals surface area contributed by atoms with Gasteiger partial charge in [0.2, 0.25) is 0 Å². The minimum atomic E-state index is -0.159. The van der Waals surface area contributed by atoms with Crippen LogP contribution in [0.2, 0.25) is 0 Å². The van der Waals surface area contributed by atoms with Crippen molar-refractivity contribution in [3.05, 3.63) is 146 Å². The van der Waals surface area contributed by atoms with E-state index in [9.17, 15) is 0 Å². The van der Waals surface area contributed by atoms with Crippen LogP contribution in [0.5, 0.6) is 0 Å². The smallest absolute Gasteiger partial charge is 0.0289 e. The standard InChI is InChI=1S/C36H32/c1-5-21-35(22-6-2)31-15-11-9-13-25(31)27-17-20-30-29(33(27)35)19-18-28-26-14-10-12-16-32(26)36(23-7-3,24-8-4)34(28)30/h5-20H,1-4,21-24H2. The summed E-state index contributed by atoms with van der Waals surface area (Å²) in [5, 5.41) is 2.69. The van der Waals surface area contributed by atoms with Gasteiger partial charge < -0.3 is 0 Å². The lowest BCUT2D eigenvalue weighted by Gasteiger charge is -2.33. The summed E-state index contributed by atoms with van der Waals surface area (Å²) in [6.07, 6.45) is 11.8. The third-order valence-electron chi connectivity index (χ3n) is 8.59. The number of hydrogen-bond donors (Lipinski definition) is 0. The second-order valence-electron chi connectivity index (χ2n) is 10.3. The van der Waals surface area contributed by atoms with Gasteiger partial charge in [0.05, 0.1) is 0 Å². The maximum Gasteiger partial charge on any atom is 0.0289 e. The van der Waals surface area contributed by atoms with Gasteiger partial charge in [0.1, 0.15) is 0 Å². The summed E-state index contributed by atoms with van der Waals surface area (Å²) in [5.41, 5.74) is 10.7. The normalized spacial score (nSPS) is 15.4. The average molecular weight is 465 g/mol. The van der Waals surface area contributed by atoms with Crippen LogP contribution >= 0.6 is 0 Å². The van der Waals surface area contributed by atoms with E-state index in [-0.39, 0.29) is 10.8 Å². The molecule has 0 spiro atoms. The first kappa shape index (κ1) is 22.6. The Hall–Kier alpha value is -3.90. The van der Waals surface area contributed by atoms with Crippen LogP contribution in [-0.2, 0) is 10.8 Å². The van der Waals surface area contributed by atoms with Crippen molar-refractivity contribution in [1.29, 1.82) is 0 Å². The monoisotopic (exact) mass is 464 g/mol. The molecule has 176 valence electrons. The van der Waals surface area contributed by atoms with Crippen LogP contribution in [-0.4, -0.2) is 0 Å². The number of fused-ring (bicyclic) bond motifs is 9. The zero-order valence-electron chi connectivity index (χ0n) is 20.9. The van der Waals surface area contributed by atoms with E-state index in [1.54, 1.807) is 0 Å². The van der Waals surface area contributed by atoms with Crippen LogP contribution in [0.15, 0.2) is 123 Å². The molecule has 0 nitrogen and oxygen atoms in total. The summed E-state index contributed by atoms with van der Waals surface area (Å²) in [5.74, 6) is 0. The largest absolute Gasteiger partial charge is 0.103 e. The highest BCUT2D eigenvalue weighted by atomic mass is 14.5. The van der Waals surface area contributed by atoms with Crippen LogP contribution < -0.4 is 0 Å². The molecule has 0 saturated heterocycles. The van der Waals surface area contributed by atoms with Crippen molar-refractivity contribution in [2.45, 2.75) is 36.5 Å². The average Bonchev–Trinajstić information content (AvgIpc) is 3.34. The fraction of sp³-hybridized carbons (Fsp3) is 0.167. The van der Waals surface area contributed by atoms with Crippen LogP contribution in [0.25, 0.3) is 33.0 Å². The fourth-order valence-electron chi connectivity index (χ4n) is 7.43. The van der Waals surface area contributed by atoms with E-state index >= 15 is 0 Å². The Kier molecular flexibility index (Phi) is 5.23. The summed E-state index contributed by atoms with van der Waals surface area (Å²) in [7, 11) is 0. The van der Waals surface area contributed by atoms with Crippen molar-refractivity contribution in [2.75, 3.05) is 0 Å². The van der Waals surface area contributed by atoms with Crippen molar-refractivity contribution in [3.8, 4) is 22.3 Å². The zero-order valence-corrected chi connectivity index (χ0v) is 20.9. The lowest BCUT2D eigenvalue weighted by atomic mass is 9.69. The van der Waals surface area contributed by atoms with Gasteiger partial charge in [0, 0.05) is 10.8 Å². The Bertz CT molecular complexity index is 1420. The van der Waals surface area contributed by atoms with Crippen molar-refractivity contribution in [3.63, 3.8) is 0 Å². The van der Waals surface area contributed by atoms with Gasteiger partial charge in [-0.15, -0.1) is 26.3 Å². The second kappa shape index (κ2) is 8.35. The molecule has 0 aromatic heterocycles. The first-order valence-corrected chi connectivity index (χ1v) is 12.9. The van der Waals surface area contributed by atoms with E-state index in [0.29, 0.717) is 0 Å². The van der Waals surface area contributed by atoms with Gasteiger partial charge in [0.25, 0.3) is 0 Å². The highest BCUT2D eigenvalue weighted by Crippen LogP contribution is 2.59. The predicted octanol–water partition coefficient (Wildman–Crippen LogP) is 9.68. The molecule has 6 rings (SSSR count). The molecule has 0 saturated carbocycles. The maximum atomic E-state index is 4.18. The molecule has 0 radical (unpaired) electrons. The third kappa shape index (κ3) is 2.76. The van der Waals surface area contributed by atoms with Crippen molar-refractivity contribution in [2.24, 2.45) is 0 Å². The zero-order chi connectivity index (χ0) is 24.9. The lowest BCUT2D eigenvalue weighted by Crippen LogP contribution is -2.26. The maximum absolute atomic E-state index is 4.18. The molecule has 2 aliphatic carbocycles. The first-order chi connectivity index (χ1) is 17.7. The molecule has 0 bridgehead atoms. The molecule has 0 amide bonds. The minimum Gasteiger partial charge on any atom is -0.103 e. The van der Waals surface area contributed by atoms with E-state index in [4.69, 9.17) is 0 Å². The van der Waals surface area contributed by atoms with Gasteiger partial charge in [-0.05, 0) is 81.0 Å². The van der Waals surface area contributed by atoms with Gasteiger partial charge in [-0.1, -0.05) is 97.1 Å². The Balaban J connectivity index is 1.76. The third-order valence-corrected chi connectivity index (χ3v) is 8.59. The minimum absolute atomic E-state index is 0.159. The number of allylic oxidation sites excluding steroid dienone is 4. The van der Waals surface area contributed by atoms with E-state index < -0.39 is 0 Å². The molecular weight excluding hydrogens is 432 g/mol. The number of rotatable bonds is 8. The van der Waals surface area contributed by atoms with Crippen LogP contribution in [0.3, 0.4) is 0 Å². The molecule has 2 aliphatic rings. The van der Waals surface area contributed by atoms with Crippen LogP contribution in [0.1, 0.15) is 47.9 Å². The molecular formula is C36H32.